The SMILES string of the molecule is CCCCCCCCCCCCCCCCCCNCCNCCO. The van der Waals surface area contributed by atoms with Crippen molar-refractivity contribution in [2.75, 3.05) is 32.8 Å². The van der Waals surface area contributed by atoms with Crippen molar-refractivity contribution >= 4 is 0 Å². The first-order chi connectivity index (χ1) is 12.4. The minimum atomic E-state index is 0.235. The van der Waals surface area contributed by atoms with Gasteiger partial charge in [0.05, 0.1) is 6.61 Å². The molecule has 25 heavy (non-hydrogen) atoms. The van der Waals surface area contributed by atoms with Crippen LogP contribution in [-0.2, 0) is 0 Å². The zero-order valence-corrected chi connectivity index (χ0v) is 17.3. The molecule has 0 unspecified atom stereocenters. The highest BCUT2D eigenvalue weighted by molar-refractivity contribution is 4.53. The molecule has 0 amide bonds. The van der Waals surface area contributed by atoms with E-state index in [4.69, 9.17) is 5.11 Å². The first-order valence-electron chi connectivity index (χ1n) is 11.4. The van der Waals surface area contributed by atoms with Gasteiger partial charge >= 0.3 is 0 Å². The summed E-state index contributed by atoms with van der Waals surface area (Å²) in [6.45, 7) is 6.34. The molecule has 0 aromatic heterocycles. The van der Waals surface area contributed by atoms with Crippen LogP contribution in [0.1, 0.15) is 110 Å². The lowest BCUT2D eigenvalue weighted by atomic mass is 10.0. The third-order valence-electron chi connectivity index (χ3n) is 4.97. The second kappa shape index (κ2) is 23.9. The standard InChI is InChI=1S/C22H48N2O/c1-2-3-4-5-6-7-8-9-10-11-12-13-14-15-16-17-18-23-19-20-24-21-22-25/h23-25H,2-22H2,1H3. The lowest BCUT2D eigenvalue weighted by Crippen LogP contribution is -2.29. The van der Waals surface area contributed by atoms with Crippen molar-refractivity contribution in [1.82, 2.24) is 10.6 Å². The number of hydrogen-bond donors (Lipinski definition) is 3. The molecule has 152 valence electrons. The van der Waals surface area contributed by atoms with E-state index in [2.05, 4.69) is 17.6 Å². The van der Waals surface area contributed by atoms with Crippen LogP contribution in [0.15, 0.2) is 0 Å². The molecule has 0 aromatic carbocycles. The average Bonchev–Trinajstić information content (AvgIpc) is 2.63. The molecule has 3 N–H and O–H groups in total. The molecular weight excluding hydrogens is 308 g/mol. The topological polar surface area (TPSA) is 44.3 Å². The second-order valence-electron chi connectivity index (χ2n) is 7.53. The molecule has 0 aliphatic carbocycles. The van der Waals surface area contributed by atoms with Gasteiger partial charge in [0.2, 0.25) is 0 Å². The van der Waals surface area contributed by atoms with Crippen molar-refractivity contribution in [1.29, 1.82) is 0 Å². The summed E-state index contributed by atoms with van der Waals surface area (Å²) in [6.07, 6.45) is 22.9. The van der Waals surface area contributed by atoms with Gasteiger partial charge in [-0.1, -0.05) is 103 Å². The Balaban J connectivity index is 2.94. The van der Waals surface area contributed by atoms with Gasteiger partial charge < -0.3 is 15.7 Å². The fourth-order valence-electron chi connectivity index (χ4n) is 3.30. The molecule has 0 aliphatic heterocycles. The highest BCUT2D eigenvalue weighted by Crippen LogP contribution is 2.13. The largest absolute Gasteiger partial charge is 0.395 e. The lowest BCUT2D eigenvalue weighted by molar-refractivity contribution is 0.292. The normalized spacial score (nSPS) is 11.3. The predicted molar refractivity (Wildman–Crippen MR) is 112 cm³/mol. The molecule has 0 atom stereocenters. The van der Waals surface area contributed by atoms with E-state index in [0.29, 0.717) is 6.54 Å². The summed E-state index contributed by atoms with van der Waals surface area (Å²) in [5, 5.41) is 15.3. The molecule has 0 rings (SSSR count). The molecule has 0 saturated heterocycles. The van der Waals surface area contributed by atoms with E-state index in [1.165, 1.54) is 103 Å². The number of hydrogen-bond acceptors (Lipinski definition) is 3. The highest BCUT2D eigenvalue weighted by atomic mass is 16.3. The van der Waals surface area contributed by atoms with Gasteiger partial charge in [0.1, 0.15) is 0 Å². The Bertz CT molecular complexity index is 202. The summed E-state index contributed by atoms with van der Waals surface area (Å²) in [4.78, 5) is 0. The summed E-state index contributed by atoms with van der Waals surface area (Å²) in [6, 6.07) is 0. The summed E-state index contributed by atoms with van der Waals surface area (Å²) in [5.74, 6) is 0. The third-order valence-corrected chi connectivity index (χ3v) is 4.97. The van der Waals surface area contributed by atoms with Crippen LogP contribution in [0.3, 0.4) is 0 Å². The first kappa shape index (κ1) is 24.9. The molecule has 0 bridgehead atoms. The van der Waals surface area contributed by atoms with Gasteiger partial charge in [0, 0.05) is 19.6 Å². The Kier molecular flexibility index (Phi) is 23.8. The van der Waals surface area contributed by atoms with Crippen LogP contribution >= 0.6 is 0 Å². The maximum Gasteiger partial charge on any atom is 0.0555 e. The van der Waals surface area contributed by atoms with Crippen LogP contribution in [0.2, 0.25) is 0 Å². The van der Waals surface area contributed by atoms with E-state index < -0.39 is 0 Å². The number of unbranched alkanes of at least 4 members (excludes halogenated alkanes) is 15. The van der Waals surface area contributed by atoms with E-state index in [0.717, 1.165) is 19.6 Å². The number of rotatable bonds is 22. The zero-order valence-electron chi connectivity index (χ0n) is 17.3. The van der Waals surface area contributed by atoms with Gasteiger partial charge in [-0.05, 0) is 13.0 Å². The molecule has 0 radical (unpaired) electrons. The van der Waals surface area contributed by atoms with E-state index in [-0.39, 0.29) is 6.61 Å². The quantitative estimate of drug-likeness (QED) is 0.227. The molecular formula is C22H48N2O. The zero-order chi connectivity index (χ0) is 18.3. The van der Waals surface area contributed by atoms with Gasteiger partial charge in [-0.25, -0.2) is 0 Å². The maximum absolute atomic E-state index is 8.64. The molecule has 0 aromatic rings. The van der Waals surface area contributed by atoms with E-state index in [9.17, 15) is 0 Å². The molecule has 3 heteroatoms. The van der Waals surface area contributed by atoms with E-state index in [1.807, 2.05) is 0 Å². The Labute approximate surface area is 158 Å². The Morgan fingerprint density at radius 3 is 1.20 bits per heavy atom. The minimum Gasteiger partial charge on any atom is -0.395 e. The predicted octanol–water partition coefficient (Wildman–Crippen LogP) is 5.42. The maximum atomic E-state index is 8.64. The van der Waals surface area contributed by atoms with Gasteiger partial charge in [-0.2, -0.15) is 0 Å². The molecule has 0 spiro atoms. The van der Waals surface area contributed by atoms with Crippen molar-refractivity contribution < 1.29 is 5.11 Å². The first-order valence-corrected chi connectivity index (χ1v) is 11.4. The molecule has 0 saturated carbocycles. The Morgan fingerprint density at radius 1 is 0.440 bits per heavy atom. The summed E-state index contributed by atoms with van der Waals surface area (Å²) < 4.78 is 0. The minimum absolute atomic E-state index is 0.235. The van der Waals surface area contributed by atoms with Crippen molar-refractivity contribution in [3.63, 3.8) is 0 Å². The van der Waals surface area contributed by atoms with Gasteiger partial charge in [0.15, 0.2) is 0 Å². The smallest absolute Gasteiger partial charge is 0.0555 e. The van der Waals surface area contributed by atoms with Crippen LogP contribution in [0.5, 0.6) is 0 Å². The number of aliphatic hydroxyl groups excluding tert-OH is 1. The van der Waals surface area contributed by atoms with E-state index >= 15 is 0 Å². The Morgan fingerprint density at radius 2 is 0.800 bits per heavy atom. The second-order valence-corrected chi connectivity index (χ2v) is 7.53. The highest BCUT2D eigenvalue weighted by Gasteiger charge is 1.95. The van der Waals surface area contributed by atoms with Crippen LogP contribution in [0, 0.1) is 0 Å². The van der Waals surface area contributed by atoms with Crippen LogP contribution < -0.4 is 10.6 Å². The fraction of sp³-hybridized carbons (Fsp3) is 1.00. The third kappa shape index (κ3) is 23.9. The van der Waals surface area contributed by atoms with Crippen LogP contribution in [-0.4, -0.2) is 37.9 Å². The Hall–Kier alpha value is -0.120. The average molecular weight is 357 g/mol. The summed E-state index contributed by atoms with van der Waals surface area (Å²) in [7, 11) is 0. The fourth-order valence-corrected chi connectivity index (χ4v) is 3.30. The van der Waals surface area contributed by atoms with Gasteiger partial charge in [-0.3, -0.25) is 0 Å². The van der Waals surface area contributed by atoms with Crippen molar-refractivity contribution in [2.24, 2.45) is 0 Å². The van der Waals surface area contributed by atoms with Crippen molar-refractivity contribution in [2.45, 2.75) is 110 Å². The number of aliphatic hydroxyl groups is 1. The number of nitrogens with one attached hydrogen (secondary N) is 2. The lowest BCUT2D eigenvalue weighted by Gasteiger charge is -2.06. The molecule has 0 fully saturated rings. The van der Waals surface area contributed by atoms with Crippen molar-refractivity contribution in [3.05, 3.63) is 0 Å². The van der Waals surface area contributed by atoms with Gasteiger partial charge in [0.25, 0.3) is 0 Å². The van der Waals surface area contributed by atoms with Gasteiger partial charge in [-0.15, -0.1) is 0 Å². The van der Waals surface area contributed by atoms with E-state index in [1.54, 1.807) is 0 Å². The molecule has 3 nitrogen and oxygen atoms in total. The molecule has 0 heterocycles. The molecule has 0 aliphatic rings. The van der Waals surface area contributed by atoms with Crippen LogP contribution in [0.4, 0.5) is 0 Å². The van der Waals surface area contributed by atoms with Crippen LogP contribution in [0.25, 0.3) is 0 Å². The monoisotopic (exact) mass is 356 g/mol. The summed E-state index contributed by atoms with van der Waals surface area (Å²) in [5.41, 5.74) is 0. The van der Waals surface area contributed by atoms with Crippen molar-refractivity contribution in [3.8, 4) is 0 Å². The summed E-state index contributed by atoms with van der Waals surface area (Å²) >= 11 is 0.